The summed E-state index contributed by atoms with van der Waals surface area (Å²) < 4.78 is 12.1. The van der Waals surface area contributed by atoms with E-state index in [1.807, 2.05) is 18.2 Å². The van der Waals surface area contributed by atoms with Crippen LogP contribution >= 0.6 is 22.9 Å². The summed E-state index contributed by atoms with van der Waals surface area (Å²) in [5.41, 5.74) is 1.39. The van der Waals surface area contributed by atoms with Crippen LogP contribution in [-0.4, -0.2) is 51.3 Å². The maximum atomic E-state index is 13.3. The first-order chi connectivity index (χ1) is 13.5. The molecule has 0 saturated carbocycles. The highest BCUT2D eigenvalue weighted by Gasteiger charge is 2.24. The van der Waals surface area contributed by atoms with E-state index in [0.717, 1.165) is 16.8 Å². The minimum absolute atomic E-state index is 0.108. The molecular weight excluding hydrogens is 398 g/mol. The Kier molecular flexibility index (Phi) is 5.39. The molecule has 6 nitrogen and oxygen atoms in total. The van der Waals surface area contributed by atoms with Crippen LogP contribution in [0.5, 0.6) is 11.5 Å². The van der Waals surface area contributed by atoms with Gasteiger partial charge in [0.15, 0.2) is 16.6 Å². The summed E-state index contributed by atoms with van der Waals surface area (Å²) in [5.74, 6) is 1.16. The quantitative estimate of drug-likeness (QED) is 0.691. The molecule has 8 heteroatoms. The molecule has 1 aliphatic rings. The van der Waals surface area contributed by atoms with Crippen LogP contribution in [0.3, 0.4) is 0 Å². The molecule has 0 atom stereocenters. The van der Waals surface area contributed by atoms with Crippen molar-refractivity contribution in [3.8, 4) is 11.5 Å². The predicted octanol–water partition coefficient (Wildman–Crippen LogP) is 2.51. The van der Waals surface area contributed by atoms with Crippen molar-refractivity contribution >= 4 is 44.2 Å². The number of amides is 1. The van der Waals surface area contributed by atoms with E-state index in [2.05, 4.69) is 19.1 Å². The highest BCUT2D eigenvalue weighted by molar-refractivity contribution is 7.22. The molecule has 146 valence electrons. The van der Waals surface area contributed by atoms with Gasteiger partial charge in [-0.1, -0.05) is 22.9 Å². The first-order valence-electron chi connectivity index (χ1n) is 9.08. The third-order valence-corrected chi connectivity index (χ3v) is 5.72. The van der Waals surface area contributed by atoms with Crippen molar-refractivity contribution in [2.24, 2.45) is 0 Å². The van der Waals surface area contributed by atoms with E-state index >= 15 is 0 Å². The van der Waals surface area contributed by atoms with Gasteiger partial charge < -0.3 is 14.4 Å². The number of benzene rings is 2. The van der Waals surface area contributed by atoms with Crippen molar-refractivity contribution in [1.29, 1.82) is 0 Å². The Morgan fingerprint density at radius 2 is 1.96 bits per heavy atom. The van der Waals surface area contributed by atoms with E-state index in [1.54, 1.807) is 23.1 Å². The number of nitrogens with zero attached hydrogens (tertiary/aromatic N) is 2. The molecule has 3 aromatic rings. The predicted molar refractivity (Wildman–Crippen MR) is 111 cm³/mol. The van der Waals surface area contributed by atoms with Gasteiger partial charge in [0.1, 0.15) is 13.2 Å². The number of hydrogen-bond donors (Lipinski definition) is 1. The molecule has 1 aliphatic heterocycles. The number of hydrogen-bond acceptors (Lipinski definition) is 5. The summed E-state index contributed by atoms with van der Waals surface area (Å²) in [6, 6.07) is 10.9. The fraction of sp³-hybridized carbons (Fsp3) is 0.300. The van der Waals surface area contributed by atoms with Gasteiger partial charge in [-0.3, -0.25) is 9.69 Å². The van der Waals surface area contributed by atoms with Crippen LogP contribution in [0.4, 0.5) is 5.13 Å². The van der Waals surface area contributed by atoms with Crippen molar-refractivity contribution in [3.63, 3.8) is 0 Å². The van der Waals surface area contributed by atoms with E-state index in [9.17, 15) is 4.79 Å². The lowest BCUT2D eigenvalue weighted by Gasteiger charge is -2.22. The summed E-state index contributed by atoms with van der Waals surface area (Å²) in [6.45, 7) is 2.36. The zero-order valence-corrected chi connectivity index (χ0v) is 17.3. The van der Waals surface area contributed by atoms with Crippen LogP contribution in [0.15, 0.2) is 36.4 Å². The van der Waals surface area contributed by atoms with Crippen LogP contribution in [0.25, 0.3) is 10.2 Å². The monoisotopic (exact) mass is 418 g/mol. The number of rotatable bonds is 5. The van der Waals surface area contributed by atoms with Crippen LogP contribution in [-0.2, 0) is 0 Å². The zero-order chi connectivity index (χ0) is 19.7. The number of carbonyl (C=O) groups is 1. The SMILES string of the molecule is C[NH+](C)CCN(C(=O)c1ccc2c(c1)OCCO2)c1nc2ccc(Cl)cc2s1. The number of anilines is 1. The van der Waals surface area contributed by atoms with Gasteiger partial charge in [-0.2, -0.15) is 0 Å². The van der Waals surface area contributed by atoms with Gasteiger partial charge >= 0.3 is 0 Å². The molecule has 0 radical (unpaired) electrons. The summed E-state index contributed by atoms with van der Waals surface area (Å²) >= 11 is 7.57. The van der Waals surface area contributed by atoms with E-state index in [-0.39, 0.29) is 5.91 Å². The molecule has 1 aromatic heterocycles. The number of aromatic nitrogens is 1. The van der Waals surface area contributed by atoms with Crippen LogP contribution in [0, 0.1) is 0 Å². The molecule has 0 saturated heterocycles. The Bertz CT molecular complexity index is 1020. The smallest absolute Gasteiger partial charge is 0.260 e. The average molecular weight is 419 g/mol. The van der Waals surface area contributed by atoms with Crippen LogP contribution in [0.1, 0.15) is 10.4 Å². The lowest BCUT2D eigenvalue weighted by atomic mass is 10.1. The first kappa shape index (κ1) is 19.0. The Morgan fingerprint density at radius 3 is 2.75 bits per heavy atom. The summed E-state index contributed by atoms with van der Waals surface area (Å²) in [7, 11) is 4.12. The summed E-state index contributed by atoms with van der Waals surface area (Å²) in [5, 5.41) is 1.32. The standard InChI is InChI=1S/C20H20ClN3O3S/c1-23(2)7-8-24(20-22-15-5-4-14(21)12-18(15)28-20)19(25)13-3-6-16-17(11-13)27-10-9-26-16/h3-6,11-12H,7-10H2,1-2H3/p+1. The van der Waals surface area contributed by atoms with Gasteiger partial charge in [-0.05, 0) is 36.4 Å². The molecule has 28 heavy (non-hydrogen) atoms. The highest BCUT2D eigenvalue weighted by Crippen LogP contribution is 2.34. The average Bonchev–Trinajstić information content (AvgIpc) is 3.10. The van der Waals surface area contributed by atoms with E-state index in [4.69, 9.17) is 21.1 Å². The number of quaternary nitrogens is 1. The maximum absolute atomic E-state index is 13.3. The van der Waals surface area contributed by atoms with Gasteiger partial charge in [-0.15, -0.1) is 0 Å². The van der Waals surface area contributed by atoms with Crippen molar-refractivity contribution in [2.45, 2.75) is 0 Å². The second-order valence-corrected chi connectivity index (χ2v) is 8.33. The lowest BCUT2D eigenvalue weighted by molar-refractivity contribution is -0.856. The molecule has 1 N–H and O–H groups in total. The fourth-order valence-electron chi connectivity index (χ4n) is 2.95. The number of nitrogens with one attached hydrogen (secondary N) is 1. The Morgan fingerprint density at radius 1 is 1.18 bits per heavy atom. The van der Waals surface area contributed by atoms with Crippen molar-refractivity contribution in [3.05, 3.63) is 47.0 Å². The van der Waals surface area contributed by atoms with Crippen LogP contribution in [0.2, 0.25) is 5.02 Å². The molecule has 0 bridgehead atoms. The molecular formula is C20H21ClN3O3S+. The third kappa shape index (κ3) is 3.92. The van der Waals surface area contributed by atoms with Crippen molar-refractivity contribution < 1.29 is 19.2 Å². The third-order valence-electron chi connectivity index (χ3n) is 4.44. The van der Waals surface area contributed by atoms with Gasteiger partial charge in [-0.25, -0.2) is 4.98 Å². The fourth-order valence-corrected chi connectivity index (χ4v) is 4.22. The minimum atomic E-state index is -0.108. The number of ether oxygens (including phenoxy) is 2. The van der Waals surface area contributed by atoms with Crippen molar-refractivity contribution in [1.82, 2.24) is 4.98 Å². The van der Waals surface area contributed by atoms with Gasteiger partial charge in [0.2, 0.25) is 0 Å². The molecule has 4 rings (SSSR count). The van der Waals surface area contributed by atoms with Crippen LogP contribution < -0.4 is 19.3 Å². The number of fused-ring (bicyclic) bond motifs is 2. The zero-order valence-electron chi connectivity index (χ0n) is 15.7. The van der Waals surface area contributed by atoms with E-state index in [1.165, 1.54) is 16.2 Å². The summed E-state index contributed by atoms with van der Waals surface area (Å²) in [6.07, 6.45) is 0. The molecule has 0 spiro atoms. The largest absolute Gasteiger partial charge is 0.486 e. The molecule has 0 fully saturated rings. The number of thiazole rings is 1. The van der Waals surface area contributed by atoms with Gasteiger partial charge in [0.25, 0.3) is 5.91 Å². The second kappa shape index (κ2) is 7.95. The number of carbonyl (C=O) groups excluding carboxylic acids is 1. The Balaban J connectivity index is 1.69. The lowest BCUT2D eigenvalue weighted by Crippen LogP contribution is -3.06. The topological polar surface area (TPSA) is 56.1 Å². The first-order valence-corrected chi connectivity index (χ1v) is 10.3. The van der Waals surface area contributed by atoms with Gasteiger partial charge in [0.05, 0.1) is 37.4 Å². The highest BCUT2D eigenvalue weighted by atomic mass is 35.5. The molecule has 2 aromatic carbocycles. The second-order valence-electron chi connectivity index (χ2n) is 6.88. The van der Waals surface area contributed by atoms with E-state index in [0.29, 0.717) is 47.0 Å². The number of halogens is 1. The Labute approximate surface area is 172 Å². The van der Waals surface area contributed by atoms with E-state index < -0.39 is 0 Å². The molecule has 1 amide bonds. The summed E-state index contributed by atoms with van der Waals surface area (Å²) in [4.78, 5) is 21.0. The number of likely N-dealkylation sites (N-methyl/N-ethyl adjacent to an activating group) is 1. The normalized spacial score (nSPS) is 13.1. The maximum Gasteiger partial charge on any atom is 0.260 e. The Hall–Kier alpha value is -2.35. The molecule has 2 heterocycles. The molecule has 0 unspecified atom stereocenters. The molecule has 0 aliphatic carbocycles. The minimum Gasteiger partial charge on any atom is -0.486 e. The van der Waals surface area contributed by atoms with Crippen molar-refractivity contribution in [2.75, 3.05) is 45.3 Å². The van der Waals surface area contributed by atoms with Gasteiger partial charge in [0, 0.05) is 10.6 Å².